The van der Waals surface area contributed by atoms with Gasteiger partial charge in [-0.3, -0.25) is 9.79 Å². The Labute approximate surface area is 155 Å². The molecular formula is C17H18ClN7O. The van der Waals surface area contributed by atoms with Crippen molar-refractivity contribution in [3.05, 3.63) is 60.0 Å². The fraction of sp³-hybridized carbons (Fsp3) is 0.0588. The second-order valence-corrected chi connectivity index (χ2v) is 5.32. The zero-order chi connectivity index (χ0) is 18.9. The van der Waals surface area contributed by atoms with E-state index in [1.165, 1.54) is 12.3 Å². The lowest BCUT2D eigenvalue weighted by atomic mass is 10.2. The summed E-state index contributed by atoms with van der Waals surface area (Å²) in [6.45, 7) is 3.42. The zero-order valence-electron chi connectivity index (χ0n) is 14.0. The van der Waals surface area contributed by atoms with Crippen molar-refractivity contribution >= 4 is 46.9 Å². The Morgan fingerprint density at radius 2 is 2.15 bits per heavy atom. The van der Waals surface area contributed by atoms with E-state index in [2.05, 4.69) is 37.5 Å². The van der Waals surface area contributed by atoms with Gasteiger partial charge in [0.25, 0.3) is 0 Å². The fourth-order valence-electron chi connectivity index (χ4n) is 1.90. The van der Waals surface area contributed by atoms with E-state index < -0.39 is 0 Å². The van der Waals surface area contributed by atoms with Crippen LogP contribution >= 0.6 is 11.6 Å². The summed E-state index contributed by atoms with van der Waals surface area (Å²) in [4.78, 5) is 23.8. The molecule has 0 unspecified atom stereocenters. The highest BCUT2D eigenvalue weighted by Gasteiger charge is 2.07. The lowest BCUT2D eigenvalue weighted by Gasteiger charge is -2.11. The molecule has 0 radical (unpaired) electrons. The smallest absolute Gasteiger partial charge is 0.247 e. The van der Waals surface area contributed by atoms with Crippen LogP contribution in [0.3, 0.4) is 0 Å². The lowest BCUT2D eigenvalue weighted by molar-refractivity contribution is -0.111. The third-order valence-electron chi connectivity index (χ3n) is 3.04. The predicted molar refractivity (Wildman–Crippen MR) is 106 cm³/mol. The minimum absolute atomic E-state index is 0.314. The molecule has 5 N–H and O–H groups in total. The molecule has 0 saturated heterocycles. The first-order valence-corrected chi connectivity index (χ1v) is 7.87. The number of halogens is 1. The van der Waals surface area contributed by atoms with Crippen molar-refractivity contribution in [2.45, 2.75) is 0 Å². The van der Waals surface area contributed by atoms with E-state index in [9.17, 15) is 4.79 Å². The van der Waals surface area contributed by atoms with Crippen LogP contribution in [0.25, 0.3) is 0 Å². The highest BCUT2D eigenvalue weighted by Crippen LogP contribution is 2.28. The maximum absolute atomic E-state index is 11.4. The Balaban J connectivity index is 2.20. The van der Waals surface area contributed by atoms with Crippen molar-refractivity contribution in [3.63, 3.8) is 0 Å². The maximum Gasteiger partial charge on any atom is 0.247 e. The number of amides is 1. The summed E-state index contributed by atoms with van der Waals surface area (Å²) >= 11 is 6.21. The Hall–Kier alpha value is -3.39. The molecule has 2 rings (SSSR count). The van der Waals surface area contributed by atoms with Crippen LogP contribution in [0.15, 0.2) is 60.0 Å². The number of hydrogen-bond donors (Lipinski definition) is 4. The molecule has 0 fully saturated rings. The van der Waals surface area contributed by atoms with E-state index in [1.807, 2.05) is 0 Å². The van der Waals surface area contributed by atoms with Gasteiger partial charge in [0.2, 0.25) is 11.9 Å². The van der Waals surface area contributed by atoms with Crippen LogP contribution in [-0.4, -0.2) is 29.1 Å². The number of rotatable bonds is 7. The number of aromatic nitrogens is 2. The zero-order valence-corrected chi connectivity index (χ0v) is 14.8. The summed E-state index contributed by atoms with van der Waals surface area (Å²) in [5, 5.41) is 9.16. The molecule has 0 atom stereocenters. The van der Waals surface area contributed by atoms with E-state index in [-0.39, 0.29) is 5.91 Å². The number of benzene rings is 1. The van der Waals surface area contributed by atoms with Gasteiger partial charge in [-0.25, -0.2) is 4.98 Å². The number of carbonyl (C=O) groups excluding carboxylic acids is 1. The van der Waals surface area contributed by atoms with Crippen molar-refractivity contribution in [3.8, 4) is 0 Å². The van der Waals surface area contributed by atoms with Crippen molar-refractivity contribution in [1.29, 1.82) is 0 Å². The number of hydrogen-bond acceptors (Lipinski definition) is 7. The Morgan fingerprint density at radius 3 is 2.85 bits per heavy atom. The standard InChI is InChI=1S/C17H18ClN7O/c1-3-16(26)22-11-4-5-13(18)14(8-11)24-15-6-7-21-17(25-15)23-12(9-19)10-20-2/h3-10H,1,19H2,2H3,(H,22,26)(H2,21,23,24,25)/b12-9+,20-10?. The van der Waals surface area contributed by atoms with Crippen molar-refractivity contribution in [2.24, 2.45) is 10.7 Å². The van der Waals surface area contributed by atoms with Gasteiger partial charge in [-0.05, 0) is 30.3 Å². The van der Waals surface area contributed by atoms with Gasteiger partial charge in [-0.2, -0.15) is 4.98 Å². The van der Waals surface area contributed by atoms with Gasteiger partial charge in [-0.15, -0.1) is 0 Å². The summed E-state index contributed by atoms with van der Waals surface area (Å²) < 4.78 is 0. The number of nitrogens with zero attached hydrogens (tertiary/aromatic N) is 3. The normalized spacial score (nSPS) is 11.2. The van der Waals surface area contributed by atoms with Crippen LogP contribution in [-0.2, 0) is 4.79 Å². The van der Waals surface area contributed by atoms with E-state index in [4.69, 9.17) is 17.3 Å². The minimum atomic E-state index is -0.314. The number of nitrogens with one attached hydrogen (secondary N) is 3. The van der Waals surface area contributed by atoms with E-state index >= 15 is 0 Å². The summed E-state index contributed by atoms with van der Waals surface area (Å²) in [7, 11) is 1.63. The molecule has 0 aliphatic heterocycles. The van der Waals surface area contributed by atoms with E-state index in [1.54, 1.807) is 43.7 Å². The van der Waals surface area contributed by atoms with Gasteiger partial charge in [0.05, 0.1) is 16.4 Å². The minimum Gasteiger partial charge on any atom is -0.403 e. The number of aliphatic imine (C=N–C) groups is 1. The Bertz CT molecular complexity index is 864. The number of carbonyl (C=O) groups is 1. The van der Waals surface area contributed by atoms with Crippen LogP contribution in [0.2, 0.25) is 5.02 Å². The number of nitrogens with two attached hydrogens (primary N) is 1. The van der Waals surface area contributed by atoms with Gasteiger partial charge in [0.1, 0.15) is 5.82 Å². The van der Waals surface area contributed by atoms with Gasteiger partial charge in [0, 0.05) is 31.3 Å². The third kappa shape index (κ3) is 5.32. The molecule has 0 saturated carbocycles. The molecule has 9 heteroatoms. The summed E-state index contributed by atoms with van der Waals surface area (Å²) in [6, 6.07) is 6.71. The average molecular weight is 372 g/mol. The van der Waals surface area contributed by atoms with E-state index in [0.717, 1.165) is 0 Å². The first-order valence-electron chi connectivity index (χ1n) is 7.50. The van der Waals surface area contributed by atoms with Crippen LogP contribution < -0.4 is 21.7 Å². The largest absolute Gasteiger partial charge is 0.403 e. The lowest BCUT2D eigenvalue weighted by Crippen LogP contribution is -2.08. The molecule has 1 amide bonds. The first-order chi connectivity index (χ1) is 12.5. The quantitative estimate of drug-likeness (QED) is 0.439. The van der Waals surface area contributed by atoms with Crippen LogP contribution in [0.5, 0.6) is 0 Å². The Kier molecular flexibility index (Phi) is 6.69. The van der Waals surface area contributed by atoms with Gasteiger partial charge in [0.15, 0.2) is 0 Å². The topological polar surface area (TPSA) is 117 Å². The van der Waals surface area contributed by atoms with Crippen molar-refractivity contribution in [1.82, 2.24) is 9.97 Å². The van der Waals surface area contributed by atoms with Crippen LogP contribution in [0.1, 0.15) is 0 Å². The van der Waals surface area contributed by atoms with Crippen molar-refractivity contribution in [2.75, 3.05) is 23.0 Å². The van der Waals surface area contributed by atoms with Gasteiger partial charge >= 0.3 is 0 Å². The molecule has 134 valence electrons. The van der Waals surface area contributed by atoms with Crippen molar-refractivity contribution < 1.29 is 4.79 Å². The monoisotopic (exact) mass is 371 g/mol. The average Bonchev–Trinajstić information content (AvgIpc) is 2.64. The van der Waals surface area contributed by atoms with Crippen LogP contribution in [0.4, 0.5) is 23.1 Å². The molecular weight excluding hydrogens is 354 g/mol. The summed E-state index contributed by atoms with van der Waals surface area (Å²) in [5.41, 5.74) is 7.21. The molecule has 0 bridgehead atoms. The summed E-state index contributed by atoms with van der Waals surface area (Å²) in [5.74, 6) is 0.519. The van der Waals surface area contributed by atoms with E-state index in [0.29, 0.717) is 33.9 Å². The maximum atomic E-state index is 11.4. The second-order valence-electron chi connectivity index (χ2n) is 4.91. The molecule has 1 heterocycles. The molecule has 0 aliphatic carbocycles. The highest BCUT2D eigenvalue weighted by molar-refractivity contribution is 6.33. The number of allylic oxidation sites excluding steroid dienone is 1. The second kappa shape index (κ2) is 9.19. The SMILES string of the molecule is C=CC(=O)Nc1ccc(Cl)c(Nc2ccnc(N/C(C=NC)=C/N)n2)c1. The first kappa shape index (κ1) is 18.9. The molecule has 8 nitrogen and oxygen atoms in total. The summed E-state index contributed by atoms with van der Waals surface area (Å²) in [6.07, 6.45) is 5.67. The molecule has 1 aromatic carbocycles. The molecule has 2 aromatic rings. The predicted octanol–water partition coefficient (Wildman–Crippen LogP) is 2.91. The van der Waals surface area contributed by atoms with Gasteiger partial charge < -0.3 is 21.7 Å². The third-order valence-corrected chi connectivity index (χ3v) is 3.37. The number of anilines is 4. The molecule has 26 heavy (non-hydrogen) atoms. The highest BCUT2D eigenvalue weighted by atomic mass is 35.5. The molecule has 1 aromatic heterocycles. The molecule has 0 spiro atoms. The fourth-order valence-corrected chi connectivity index (χ4v) is 2.07. The molecule has 0 aliphatic rings. The van der Waals surface area contributed by atoms with Crippen LogP contribution in [0, 0.1) is 0 Å². The Morgan fingerprint density at radius 1 is 1.35 bits per heavy atom. The van der Waals surface area contributed by atoms with Gasteiger partial charge in [-0.1, -0.05) is 18.2 Å².